The van der Waals surface area contributed by atoms with Crippen LogP contribution in [0.1, 0.15) is 26.2 Å². The molecule has 3 rings (SSSR count). The molecule has 0 aromatic heterocycles. The molecule has 0 unspecified atom stereocenters. The van der Waals surface area contributed by atoms with Crippen LogP contribution in [0.3, 0.4) is 0 Å². The fraction of sp³-hybridized carbons (Fsp3) is 0.611. The van der Waals surface area contributed by atoms with E-state index in [1.807, 2.05) is 24.3 Å². The van der Waals surface area contributed by atoms with E-state index in [-0.39, 0.29) is 5.91 Å². The molecule has 1 aliphatic carbocycles. The van der Waals surface area contributed by atoms with Gasteiger partial charge >= 0.3 is 0 Å². The van der Waals surface area contributed by atoms with Crippen molar-refractivity contribution in [1.82, 2.24) is 4.90 Å². The number of rotatable bonds is 6. The lowest BCUT2D eigenvalue weighted by atomic mass is 9.77. The fourth-order valence-corrected chi connectivity index (χ4v) is 3.47. The van der Waals surface area contributed by atoms with Crippen molar-refractivity contribution >= 4 is 11.6 Å². The summed E-state index contributed by atoms with van der Waals surface area (Å²) in [6.45, 7) is 6.08. The smallest absolute Gasteiger partial charge is 0.223 e. The van der Waals surface area contributed by atoms with Crippen LogP contribution in [0.5, 0.6) is 5.75 Å². The Morgan fingerprint density at radius 2 is 1.86 bits per heavy atom. The SMILES string of the molecule is CC(=O)N(C)c1ccc(OCCCN2C[C@H]3CC[C@H]3C2)cc1. The van der Waals surface area contributed by atoms with Crippen LogP contribution in [0.15, 0.2) is 24.3 Å². The quantitative estimate of drug-likeness (QED) is 0.758. The number of benzene rings is 1. The Morgan fingerprint density at radius 3 is 2.41 bits per heavy atom. The van der Waals surface area contributed by atoms with Gasteiger partial charge in [-0.3, -0.25) is 4.79 Å². The van der Waals surface area contributed by atoms with Crippen molar-refractivity contribution in [3.63, 3.8) is 0 Å². The van der Waals surface area contributed by atoms with E-state index in [2.05, 4.69) is 4.90 Å². The molecule has 1 heterocycles. The molecule has 1 aromatic rings. The maximum Gasteiger partial charge on any atom is 0.223 e. The first-order chi connectivity index (χ1) is 10.6. The second-order valence-corrected chi connectivity index (χ2v) is 6.63. The maximum absolute atomic E-state index is 11.3. The molecule has 1 saturated carbocycles. The van der Waals surface area contributed by atoms with Gasteiger partial charge < -0.3 is 14.5 Å². The lowest BCUT2D eigenvalue weighted by molar-refractivity contribution is -0.116. The Balaban J connectivity index is 1.37. The summed E-state index contributed by atoms with van der Waals surface area (Å²) in [6.07, 6.45) is 3.96. The zero-order chi connectivity index (χ0) is 15.5. The van der Waals surface area contributed by atoms with Crippen molar-refractivity contribution in [3.05, 3.63) is 24.3 Å². The van der Waals surface area contributed by atoms with Crippen LogP contribution in [-0.2, 0) is 4.79 Å². The van der Waals surface area contributed by atoms with Crippen LogP contribution in [0, 0.1) is 11.8 Å². The molecule has 0 radical (unpaired) electrons. The van der Waals surface area contributed by atoms with Gasteiger partial charge in [0.2, 0.25) is 5.91 Å². The molecule has 4 nitrogen and oxygen atoms in total. The molecule has 1 aliphatic heterocycles. The van der Waals surface area contributed by atoms with Gasteiger partial charge in [0.15, 0.2) is 0 Å². The van der Waals surface area contributed by atoms with Gasteiger partial charge in [0.25, 0.3) is 0 Å². The van der Waals surface area contributed by atoms with Gasteiger partial charge in [-0.2, -0.15) is 0 Å². The van der Waals surface area contributed by atoms with Crippen LogP contribution in [0.2, 0.25) is 0 Å². The number of nitrogens with zero attached hydrogens (tertiary/aromatic N) is 2. The summed E-state index contributed by atoms with van der Waals surface area (Å²) in [5.74, 6) is 2.90. The maximum atomic E-state index is 11.3. The highest BCUT2D eigenvalue weighted by atomic mass is 16.5. The number of ether oxygens (including phenoxy) is 1. The number of carbonyl (C=O) groups excluding carboxylic acids is 1. The van der Waals surface area contributed by atoms with Crippen molar-refractivity contribution in [2.45, 2.75) is 26.2 Å². The highest BCUT2D eigenvalue weighted by molar-refractivity contribution is 5.90. The van der Waals surface area contributed by atoms with Crippen molar-refractivity contribution < 1.29 is 9.53 Å². The molecule has 2 atom stereocenters. The number of likely N-dealkylation sites (tertiary alicyclic amines) is 1. The Labute approximate surface area is 133 Å². The number of hydrogen-bond donors (Lipinski definition) is 0. The van der Waals surface area contributed by atoms with Crippen LogP contribution >= 0.6 is 0 Å². The Kier molecular flexibility index (Phi) is 4.67. The van der Waals surface area contributed by atoms with Crippen molar-refractivity contribution in [2.24, 2.45) is 11.8 Å². The first kappa shape index (κ1) is 15.3. The predicted molar refractivity (Wildman–Crippen MR) is 88.3 cm³/mol. The summed E-state index contributed by atoms with van der Waals surface area (Å²) >= 11 is 0. The average Bonchev–Trinajstić information content (AvgIpc) is 2.78. The standard InChI is InChI=1S/C18H26N2O2/c1-14(21)19(2)17-6-8-18(9-7-17)22-11-3-10-20-12-15-4-5-16(15)13-20/h6-9,15-16H,3-5,10-13H2,1-2H3/t15-,16+. The minimum absolute atomic E-state index is 0.0354. The van der Waals surface area contributed by atoms with E-state index >= 15 is 0 Å². The third-order valence-corrected chi connectivity index (χ3v) is 5.14. The average molecular weight is 302 g/mol. The number of hydrogen-bond acceptors (Lipinski definition) is 3. The van der Waals surface area contributed by atoms with Gasteiger partial charge in [-0.15, -0.1) is 0 Å². The van der Waals surface area contributed by atoms with Crippen LogP contribution < -0.4 is 9.64 Å². The number of anilines is 1. The molecule has 1 aromatic carbocycles. The third kappa shape index (κ3) is 3.43. The Morgan fingerprint density at radius 1 is 1.23 bits per heavy atom. The van der Waals surface area contributed by atoms with E-state index in [9.17, 15) is 4.79 Å². The minimum atomic E-state index is 0.0354. The molecule has 0 bridgehead atoms. The second-order valence-electron chi connectivity index (χ2n) is 6.63. The Bertz CT molecular complexity index is 502. The fourth-order valence-electron chi connectivity index (χ4n) is 3.47. The molecule has 1 amide bonds. The molecule has 4 heteroatoms. The van der Waals surface area contributed by atoms with Gasteiger partial charge in [0.05, 0.1) is 6.61 Å². The molecule has 0 N–H and O–H groups in total. The number of carbonyl (C=O) groups is 1. The summed E-state index contributed by atoms with van der Waals surface area (Å²) in [7, 11) is 1.78. The van der Waals surface area contributed by atoms with Crippen LogP contribution in [0.25, 0.3) is 0 Å². The highest BCUT2D eigenvalue weighted by Crippen LogP contribution is 2.40. The highest BCUT2D eigenvalue weighted by Gasteiger charge is 2.38. The monoisotopic (exact) mass is 302 g/mol. The largest absolute Gasteiger partial charge is 0.494 e. The first-order valence-corrected chi connectivity index (χ1v) is 8.33. The van der Waals surface area contributed by atoms with Gasteiger partial charge in [-0.05, 0) is 55.4 Å². The van der Waals surface area contributed by atoms with Crippen molar-refractivity contribution in [1.29, 1.82) is 0 Å². The molecule has 2 fully saturated rings. The van der Waals surface area contributed by atoms with Gasteiger partial charge in [-0.1, -0.05) is 0 Å². The van der Waals surface area contributed by atoms with Gasteiger partial charge in [0.1, 0.15) is 5.75 Å². The van der Waals surface area contributed by atoms with Gasteiger partial charge in [0, 0.05) is 39.3 Å². The Hall–Kier alpha value is -1.55. The number of amides is 1. The normalized spacial score (nSPS) is 23.7. The predicted octanol–water partition coefficient (Wildman–Crippen LogP) is 2.78. The van der Waals surface area contributed by atoms with E-state index in [0.717, 1.165) is 42.8 Å². The van der Waals surface area contributed by atoms with Crippen molar-refractivity contribution in [2.75, 3.05) is 38.2 Å². The van der Waals surface area contributed by atoms with Crippen molar-refractivity contribution in [3.8, 4) is 5.75 Å². The van der Waals surface area contributed by atoms with E-state index in [1.165, 1.54) is 25.9 Å². The molecular formula is C18H26N2O2. The first-order valence-electron chi connectivity index (χ1n) is 8.33. The molecule has 22 heavy (non-hydrogen) atoms. The summed E-state index contributed by atoms with van der Waals surface area (Å²) < 4.78 is 5.80. The molecule has 120 valence electrons. The molecule has 0 spiro atoms. The molecular weight excluding hydrogens is 276 g/mol. The molecule has 1 saturated heterocycles. The zero-order valence-electron chi connectivity index (χ0n) is 13.6. The topological polar surface area (TPSA) is 32.8 Å². The van der Waals surface area contributed by atoms with Gasteiger partial charge in [-0.25, -0.2) is 0 Å². The summed E-state index contributed by atoms with van der Waals surface area (Å²) in [5, 5.41) is 0. The van der Waals surface area contributed by atoms with E-state index in [1.54, 1.807) is 18.9 Å². The zero-order valence-corrected chi connectivity index (χ0v) is 13.6. The second kappa shape index (κ2) is 6.69. The van der Waals surface area contributed by atoms with E-state index in [0.29, 0.717) is 0 Å². The van der Waals surface area contributed by atoms with Crippen LogP contribution in [0.4, 0.5) is 5.69 Å². The summed E-state index contributed by atoms with van der Waals surface area (Å²) in [5.41, 5.74) is 0.896. The minimum Gasteiger partial charge on any atom is -0.494 e. The lowest BCUT2D eigenvalue weighted by Crippen LogP contribution is -2.23. The summed E-state index contributed by atoms with van der Waals surface area (Å²) in [6, 6.07) is 7.72. The van der Waals surface area contributed by atoms with E-state index < -0.39 is 0 Å². The molecule has 2 aliphatic rings. The van der Waals surface area contributed by atoms with Crippen LogP contribution in [-0.4, -0.2) is 44.1 Å². The number of fused-ring (bicyclic) bond motifs is 1. The van der Waals surface area contributed by atoms with E-state index in [4.69, 9.17) is 4.74 Å². The lowest BCUT2D eigenvalue weighted by Gasteiger charge is -2.28. The third-order valence-electron chi connectivity index (χ3n) is 5.14. The summed E-state index contributed by atoms with van der Waals surface area (Å²) in [4.78, 5) is 15.5.